The summed E-state index contributed by atoms with van der Waals surface area (Å²) in [5.41, 5.74) is 1.39. The van der Waals surface area contributed by atoms with Gasteiger partial charge in [-0.05, 0) is 44.5 Å². The summed E-state index contributed by atoms with van der Waals surface area (Å²) in [6, 6.07) is 13.3. The number of nitrogens with one attached hydrogen (secondary N) is 2. The van der Waals surface area contributed by atoms with Gasteiger partial charge >= 0.3 is 0 Å². The van der Waals surface area contributed by atoms with Crippen molar-refractivity contribution in [3.8, 4) is 0 Å². The largest absolute Gasteiger partial charge is 0.382 e. The van der Waals surface area contributed by atoms with Gasteiger partial charge in [0, 0.05) is 19.8 Å². The summed E-state index contributed by atoms with van der Waals surface area (Å²) < 4.78 is 31.1. The number of hydrogen-bond acceptors (Lipinski definition) is 5. The van der Waals surface area contributed by atoms with E-state index in [4.69, 9.17) is 4.74 Å². The molecule has 146 valence electrons. The van der Waals surface area contributed by atoms with Crippen molar-refractivity contribution < 1.29 is 17.9 Å². The van der Waals surface area contributed by atoms with Gasteiger partial charge in [-0.15, -0.1) is 0 Å². The lowest BCUT2D eigenvalue weighted by Gasteiger charge is -2.13. The fraction of sp³-hybridized carbons (Fsp3) is 0.350. The minimum absolute atomic E-state index is 0.00489. The van der Waals surface area contributed by atoms with Crippen molar-refractivity contribution in [3.05, 3.63) is 54.1 Å². The molecule has 0 saturated heterocycles. The molecule has 0 bridgehead atoms. The molecule has 0 heterocycles. The van der Waals surface area contributed by atoms with Crippen LogP contribution >= 0.6 is 0 Å². The maximum Gasteiger partial charge on any atom is 0.239 e. The zero-order valence-corrected chi connectivity index (χ0v) is 16.5. The number of para-hydroxylation sites is 1. The Morgan fingerprint density at radius 3 is 2.48 bits per heavy atom. The minimum Gasteiger partial charge on any atom is -0.382 e. The van der Waals surface area contributed by atoms with Crippen molar-refractivity contribution in [2.75, 3.05) is 31.6 Å². The lowest BCUT2D eigenvalue weighted by atomic mass is 10.2. The fourth-order valence-electron chi connectivity index (χ4n) is 2.48. The van der Waals surface area contributed by atoms with Crippen LogP contribution < -0.4 is 10.6 Å². The maximum absolute atomic E-state index is 12.9. The number of hydrogen-bond donors (Lipinski definition) is 2. The zero-order chi connectivity index (χ0) is 19.7. The average molecular weight is 391 g/mol. The first kappa shape index (κ1) is 20.9. The first-order valence-electron chi connectivity index (χ1n) is 8.94. The van der Waals surface area contributed by atoms with Crippen molar-refractivity contribution in [1.82, 2.24) is 5.32 Å². The molecule has 2 aromatic rings. The van der Waals surface area contributed by atoms with Crippen molar-refractivity contribution >= 4 is 21.4 Å². The van der Waals surface area contributed by atoms with Gasteiger partial charge in [0.1, 0.15) is 0 Å². The quantitative estimate of drug-likeness (QED) is 0.610. The second-order valence-corrected chi connectivity index (χ2v) is 7.98. The van der Waals surface area contributed by atoms with Crippen molar-refractivity contribution in [1.29, 1.82) is 0 Å². The first-order chi connectivity index (χ1) is 12.9. The van der Waals surface area contributed by atoms with E-state index in [1.54, 1.807) is 42.5 Å². The number of carbonyl (C=O) groups excluding carboxylic acids is 1. The van der Waals surface area contributed by atoms with Crippen molar-refractivity contribution in [3.63, 3.8) is 0 Å². The zero-order valence-electron chi connectivity index (χ0n) is 15.7. The third kappa shape index (κ3) is 6.08. The van der Waals surface area contributed by atoms with Crippen LogP contribution in [0.4, 0.5) is 5.69 Å². The molecule has 0 aromatic heterocycles. The van der Waals surface area contributed by atoms with Crippen LogP contribution in [0.5, 0.6) is 0 Å². The number of amides is 1. The van der Waals surface area contributed by atoms with Crippen LogP contribution in [0.25, 0.3) is 0 Å². The highest BCUT2D eigenvalue weighted by Gasteiger charge is 2.21. The van der Waals surface area contributed by atoms with Gasteiger partial charge < -0.3 is 15.4 Å². The summed E-state index contributed by atoms with van der Waals surface area (Å²) in [4.78, 5) is 12.3. The van der Waals surface area contributed by atoms with Gasteiger partial charge in [-0.3, -0.25) is 4.79 Å². The molecular formula is C20H26N2O4S. The highest BCUT2D eigenvalue weighted by atomic mass is 32.2. The molecule has 0 aliphatic heterocycles. The Bertz CT molecular complexity index is 849. The SMILES string of the molecule is CCOCCCNC(=O)CNc1ccccc1S(=O)(=O)c1ccc(C)cc1. The molecule has 0 aliphatic carbocycles. The third-order valence-corrected chi connectivity index (χ3v) is 5.77. The lowest BCUT2D eigenvalue weighted by Crippen LogP contribution is -2.31. The number of sulfone groups is 1. The Morgan fingerprint density at radius 1 is 1.07 bits per heavy atom. The second kappa shape index (κ2) is 10.1. The average Bonchev–Trinajstić information content (AvgIpc) is 2.67. The predicted octanol–water partition coefficient (Wildman–Crippen LogP) is 2.78. The summed E-state index contributed by atoms with van der Waals surface area (Å²) >= 11 is 0. The van der Waals surface area contributed by atoms with Crippen molar-refractivity contribution in [2.24, 2.45) is 0 Å². The summed E-state index contributed by atoms with van der Waals surface area (Å²) in [6.45, 7) is 5.59. The highest BCUT2D eigenvalue weighted by molar-refractivity contribution is 7.91. The Balaban J connectivity index is 2.03. The van der Waals surface area contributed by atoms with Crippen LogP contribution in [0.2, 0.25) is 0 Å². The van der Waals surface area contributed by atoms with Crippen LogP contribution in [-0.2, 0) is 19.4 Å². The standard InChI is InChI=1S/C20H26N2O4S/c1-3-26-14-6-13-21-20(23)15-22-18-7-4-5-8-19(18)27(24,25)17-11-9-16(2)10-12-17/h4-5,7-12,22H,3,6,13-15H2,1-2H3,(H,21,23). The molecule has 0 unspecified atom stereocenters. The van der Waals surface area contributed by atoms with Gasteiger partial charge in [0.05, 0.1) is 22.0 Å². The smallest absolute Gasteiger partial charge is 0.239 e. The van der Waals surface area contributed by atoms with Gasteiger partial charge in [0.15, 0.2) is 0 Å². The van der Waals surface area contributed by atoms with Crippen LogP contribution in [0.1, 0.15) is 18.9 Å². The van der Waals surface area contributed by atoms with Crippen LogP contribution in [0.15, 0.2) is 58.3 Å². The van der Waals surface area contributed by atoms with E-state index < -0.39 is 9.84 Å². The molecule has 0 aliphatic rings. The molecule has 7 heteroatoms. The van der Waals surface area contributed by atoms with Gasteiger partial charge in [0.2, 0.25) is 15.7 Å². The van der Waals surface area contributed by atoms with Gasteiger partial charge in [0.25, 0.3) is 0 Å². The van der Waals surface area contributed by atoms with E-state index in [1.807, 2.05) is 13.8 Å². The summed E-state index contributed by atoms with van der Waals surface area (Å²) in [5.74, 6) is -0.200. The predicted molar refractivity (Wildman–Crippen MR) is 106 cm³/mol. The van der Waals surface area contributed by atoms with E-state index in [9.17, 15) is 13.2 Å². The summed E-state index contributed by atoms with van der Waals surface area (Å²) in [6.07, 6.45) is 0.734. The first-order valence-corrected chi connectivity index (χ1v) is 10.4. The molecule has 2 N–H and O–H groups in total. The lowest BCUT2D eigenvalue weighted by molar-refractivity contribution is -0.119. The Labute approximate surface area is 160 Å². The van der Waals surface area contributed by atoms with Gasteiger partial charge in [-0.25, -0.2) is 8.42 Å². The molecule has 0 fully saturated rings. The topological polar surface area (TPSA) is 84.5 Å². The van der Waals surface area contributed by atoms with Gasteiger partial charge in [-0.1, -0.05) is 29.8 Å². The third-order valence-electron chi connectivity index (χ3n) is 3.94. The molecule has 1 amide bonds. The number of carbonyl (C=O) groups is 1. The molecule has 27 heavy (non-hydrogen) atoms. The molecule has 0 spiro atoms. The Morgan fingerprint density at radius 2 is 1.78 bits per heavy atom. The highest BCUT2D eigenvalue weighted by Crippen LogP contribution is 2.27. The number of anilines is 1. The maximum atomic E-state index is 12.9. The van der Waals surface area contributed by atoms with E-state index in [0.717, 1.165) is 12.0 Å². The number of benzene rings is 2. The van der Waals surface area contributed by atoms with E-state index in [2.05, 4.69) is 10.6 Å². The molecule has 6 nitrogen and oxygen atoms in total. The van der Waals surface area contributed by atoms with Crippen LogP contribution in [-0.4, -0.2) is 40.6 Å². The second-order valence-electron chi connectivity index (χ2n) is 6.07. The monoisotopic (exact) mass is 390 g/mol. The number of ether oxygens (including phenoxy) is 1. The fourth-order valence-corrected chi connectivity index (χ4v) is 3.91. The molecule has 0 radical (unpaired) electrons. The number of rotatable bonds is 10. The number of aryl methyl sites for hydroxylation is 1. The Hall–Kier alpha value is -2.38. The molecule has 2 rings (SSSR count). The molecule has 0 atom stereocenters. The van der Waals surface area contributed by atoms with Gasteiger partial charge in [-0.2, -0.15) is 0 Å². The minimum atomic E-state index is -3.67. The molecule has 0 saturated carbocycles. The van der Waals surface area contributed by atoms with E-state index in [-0.39, 0.29) is 22.2 Å². The normalized spacial score (nSPS) is 11.2. The van der Waals surface area contributed by atoms with Crippen molar-refractivity contribution in [2.45, 2.75) is 30.1 Å². The van der Waals surface area contributed by atoms with E-state index in [0.29, 0.717) is 25.4 Å². The molecule has 2 aromatic carbocycles. The Kier molecular flexibility index (Phi) is 7.82. The van der Waals surface area contributed by atoms with E-state index >= 15 is 0 Å². The molecular weight excluding hydrogens is 364 g/mol. The van der Waals surface area contributed by atoms with Crippen LogP contribution in [0, 0.1) is 6.92 Å². The summed E-state index contributed by atoms with van der Waals surface area (Å²) in [5, 5.41) is 5.71. The van der Waals surface area contributed by atoms with Crippen LogP contribution in [0.3, 0.4) is 0 Å². The van der Waals surface area contributed by atoms with E-state index in [1.165, 1.54) is 6.07 Å². The summed E-state index contributed by atoms with van der Waals surface area (Å²) in [7, 11) is -3.67.